The Morgan fingerprint density at radius 3 is 2.96 bits per heavy atom. The van der Waals surface area contributed by atoms with Crippen molar-refractivity contribution in [1.82, 2.24) is 29.5 Å². The van der Waals surface area contributed by atoms with Crippen LogP contribution in [0.5, 0.6) is 0 Å². The summed E-state index contributed by atoms with van der Waals surface area (Å²) < 4.78 is 1.99. The monoisotopic (exact) mass is 365 g/mol. The molecule has 4 heterocycles. The predicted molar refractivity (Wildman–Crippen MR) is 102 cm³/mol. The van der Waals surface area contributed by atoms with E-state index in [4.69, 9.17) is 0 Å². The molecule has 4 aromatic heterocycles. The molecule has 4 aromatic rings. The SMILES string of the molecule is Cc1cc(C)n2c(CNc3ncnc4sc5c(c34)CCCC5)nnc2n1. The lowest BCUT2D eigenvalue weighted by Gasteiger charge is -2.12. The molecule has 0 bridgehead atoms. The topological polar surface area (TPSA) is 80.9 Å². The van der Waals surface area contributed by atoms with Crippen molar-refractivity contribution in [3.05, 3.63) is 40.0 Å². The maximum absolute atomic E-state index is 4.51. The lowest BCUT2D eigenvalue weighted by molar-refractivity contribution is 0.700. The van der Waals surface area contributed by atoms with Gasteiger partial charge in [0.2, 0.25) is 0 Å². The van der Waals surface area contributed by atoms with Gasteiger partial charge >= 0.3 is 0 Å². The molecule has 0 amide bonds. The summed E-state index contributed by atoms with van der Waals surface area (Å²) in [7, 11) is 0. The van der Waals surface area contributed by atoms with Gasteiger partial charge in [-0.3, -0.25) is 4.40 Å². The Balaban J connectivity index is 1.52. The Kier molecular flexibility index (Phi) is 3.59. The van der Waals surface area contributed by atoms with Crippen molar-refractivity contribution in [2.45, 2.75) is 46.1 Å². The lowest BCUT2D eigenvalue weighted by Crippen LogP contribution is -2.08. The maximum Gasteiger partial charge on any atom is 0.255 e. The van der Waals surface area contributed by atoms with Crippen molar-refractivity contribution >= 4 is 33.1 Å². The maximum atomic E-state index is 4.51. The normalized spacial score (nSPS) is 14.1. The van der Waals surface area contributed by atoms with Crippen molar-refractivity contribution in [3.8, 4) is 0 Å². The van der Waals surface area contributed by atoms with Crippen molar-refractivity contribution in [1.29, 1.82) is 0 Å². The van der Waals surface area contributed by atoms with Gasteiger partial charge in [-0.2, -0.15) is 0 Å². The van der Waals surface area contributed by atoms with Crippen LogP contribution in [-0.4, -0.2) is 29.5 Å². The number of hydrogen-bond acceptors (Lipinski definition) is 7. The molecule has 0 saturated carbocycles. The lowest BCUT2D eigenvalue weighted by atomic mass is 9.97. The summed E-state index contributed by atoms with van der Waals surface area (Å²) in [5, 5.41) is 13.2. The highest BCUT2D eigenvalue weighted by Crippen LogP contribution is 2.38. The van der Waals surface area contributed by atoms with Crippen molar-refractivity contribution < 1.29 is 0 Å². The molecule has 0 aliphatic heterocycles. The molecule has 0 saturated heterocycles. The van der Waals surface area contributed by atoms with Gasteiger partial charge < -0.3 is 5.32 Å². The van der Waals surface area contributed by atoms with E-state index < -0.39 is 0 Å². The highest BCUT2D eigenvalue weighted by Gasteiger charge is 2.20. The van der Waals surface area contributed by atoms with Crippen molar-refractivity contribution in [2.24, 2.45) is 0 Å². The standard InChI is InChI=1S/C18H19N7S/c1-10-7-11(2)25-14(23-24-18(25)22-10)8-19-16-15-12-5-3-4-6-13(12)26-17(15)21-9-20-16/h7,9H,3-6,8H2,1-2H3,(H,19,20,21). The Labute approximate surface area is 154 Å². The summed E-state index contributed by atoms with van der Waals surface area (Å²) in [6.45, 7) is 4.56. The highest BCUT2D eigenvalue weighted by molar-refractivity contribution is 7.19. The van der Waals surface area contributed by atoms with E-state index in [0.29, 0.717) is 12.3 Å². The van der Waals surface area contributed by atoms with Crippen LogP contribution in [0, 0.1) is 13.8 Å². The van der Waals surface area contributed by atoms with Crippen LogP contribution in [0.1, 0.15) is 40.5 Å². The fourth-order valence-corrected chi connectivity index (χ4v) is 5.03. The molecule has 1 aliphatic rings. The van der Waals surface area contributed by atoms with Crippen molar-refractivity contribution in [3.63, 3.8) is 0 Å². The van der Waals surface area contributed by atoms with E-state index in [1.54, 1.807) is 6.33 Å². The Morgan fingerprint density at radius 1 is 1.15 bits per heavy atom. The Bertz CT molecular complexity index is 1130. The first-order valence-electron chi connectivity index (χ1n) is 8.88. The number of nitrogens with one attached hydrogen (secondary N) is 1. The zero-order chi connectivity index (χ0) is 17.7. The molecule has 0 aromatic carbocycles. The summed E-state index contributed by atoms with van der Waals surface area (Å²) in [6.07, 6.45) is 6.44. The summed E-state index contributed by atoms with van der Waals surface area (Å²) in [4.78, 5) is 16.0. The van der Waals surface area contributed by atoms with Gasteiger partial charge in [0.15, 0.2) is 5.82 Å². The molecule has 0 radical (unpaired) electrons. The largest absolute Gasteiger partial charge is 0.362 e. The number of rotatable bonds is 3. The molecule has 1 N–H and O–H groups in total. The van der Waals surface area contributed by atoms with E-state index in [1.165, 1.54) is 28.7 Å². The number of thiophene rings is 1. The van der Waals surface area contributed by atoms with Gasteiger partial charge in [-0.1, -0.05) is 0 Å². The molecule has 0 spiro atoms. The second-order valence-electron chi connectivity index (χ2n) is 6.76. The van der Waals surface area contributed by atoms with Crippen molar-refractivity contribution in [2.75, 3.05) is 5.32 Å². The van der Waals surface area contributed by atoms with Gasteiger partial charge in [0.05, 0.1) is 11.9 Å². The predicted octanol–water partition coefficient (Wildman–Crippen LogP) is 3.24. The van der Waals surface area contributed by atoms with E-state index in [-0.39, 0.29) is 0 Å². The zero-order valence-corrected chi connectivity index (χ0v) is 15.6. The molecule has 7 nitrogen and oxygen atoms in total. The Hall–Kier alpha value is -2.61. The van der Waals surface area contributed by atoms with E-state index >= 15 is 0 Å². The summed E-state index contributed by atoms with van der Waals surface area (Å²) >= 11 is 1.81. The molecular weight excluding hydrogens is 346 g/mol. The second kappa shape index (κ2) is 5.98. The number of hydrogen-bond donors (Lipinski definition) is 1. The third kappa shape index (κ3) is 2.44. The van der Waals surface area contributed by atoms with Gasteiger partial charge in [0.1, 0.15) is 17.0 Å². The van der Waals surface area contributed by atoms with Gasteiger partial charge in [0, 0.05) is 16.3 Å². The average Bonchev–Trinajstić information content (AvgIpc) is 3.21. The van der Waals surface area contributed by atoms with Gasteiger partial charge in [-0.15, -0.1) is 21.5 Å². The number of nitrogens with zero attached hydrogens (tertiary/aromatic N) is 6. The highest BCUT2D eigenvalue weighted by atomic mass is 32.1. The Morgan fingerprint density at radius 2 is 2.04 bits per heavy atom. The zero-order valence-electron chi connectivity index (χ0n) is 14.8. The minimum atomic E-state index is 0.545. The first-order valence-corrected chi connectivity index (χ1v) is 9.70. The second-order valence-corrected chi connectivity index (χ2v) is 7.84. The van der Waals surface area contributed by atoms with Crippen LogP contribution in [0.2, 0.25) is 0 Å². The number of anilines is 1. The van der Waals surface area contributed by atoms with Gasteiger partial charge in [0.25, 0.3) is 5.78 Å². The third-order valence-electron chi connectivity index (χ3n) is 4.93. The van der Waals surface area contributed by atoms with E-state index in [1.807, 2.05) is 35.7 Å². The van der Waals surface area contributed by atoms with Gasteiger partial charge in [-0.05, 0) is 51.2 Å². The molecule has 0 fully saturated rings. The summed E-state index contributed by atoms with van der Waals surface area (Å²) in [6, 6.07) is 2.04. The van der Waals surface area contributed by atoms with E-state index in [0.717, 1.165) is 40.7 Å². The first kappa shape index (κ1) is 15.6. The molecule has 0 atom stereocenters. The molecule has 8 heteroatoms. The average molecular weight is 365 g/mol. The minimum Gasteiger partial charge on any atom is -0.362 e. The van der Waals surface area contributed by atoms with Crippen LogP contribution >= 0.6 is 11.3 Å². The van der Waals surface area contributed by atoms with Crippen LogP contribution in [0.3, 0.4) is 0 Å². The van der Waals surface area contributed by atoms with E-state index in [9.17, 15) is 0 Å². The summed E-state index contributed by atoms with van der Waals surface area (Å²) in [5.74, 6) is 2.37. The van der Waals surface area contributed by atoms with Crippen LogP contribution in [0.15, 0.2) is 12.4 Å². The van der Waals surface area contributed by atoms with Crippen LogP contribution in [-0.2, 0) is 19.4 Å². The minimum absolute atomic E-state index is 0.545. The fourth-order valence-electron chi connectivity index (χ4n) is 3.80. The third-order valence-corrected chi connectivity index (χ3v) is 6.12. The van der Waals surface area contributed by atoms with E-state index in [2.05, 4.69) is 30.5 Å². The number of fused-ring (bicyclic) bond motifs is 4. The van der Waals surface area contributed by atoms with Gasteiger partial charge in [-0.25, -0.2) is 15.0 Å². The smallest absolute Gasteiger partial charge is 0.255 e. The molecule has 1 aliphatic carbocycles. The fraction of sp³-hybridized carbons (Fsp3) is 0.389. The quantitative estimate of drug-likeness (QED) is 0.600. The molecule has 26 heavy (non-hydrogen) atoms. The van der Waals surface area contributed by atoms with Crippen LogP contribution in [0.4, 0.5) is 5.82 Å². The van der Waals surface area contributed by atoms with Crippen LogP contribution < -0.4 is 5.32 Å². The summed E-state index contributed by atoms with van der Waals surface area (Å²) in [5.41, 5.74) is 3.46. The first-order chi connectivity index (χ1) is 12.7. The molecule has 5 rings (SSSR count). The molecule has 132 valence electrons. The molecule has 0 unspecified atom stereocenters. The number of aryl methyl sites for hydroxylation is 4. The molecular formula is C18H19N7S. The number of aromatic nitrogens is 6. The van der Waals surface area contributed by atoms with Crippen LogP contribution in [0.25, 0.3) is 16.0 Å².